The average molecular weight is 353 g/mol. The van der Waals surface area contributed by atoms with Gasteiger partial charge in [0.05, 0.1) is 11.4 Å². The molecule has 0 fully saturated rings. The average Bonchev–Trinajstić information content (AvgIpc) is 2.39. The number of nitrogens with one attached hydrogen (secondary N) is 2. The van der Waals surface area contributed by atoms with E-state index in [0.29, 0.717) is 5.69 Å². The monoisotopic (exact) mass is 352 g/mol. The van der Waals surface area contributed by atoms with Crippen LogP contribution in [0, 0.1) is 6.92 Å². The summed E-state index contributed by atoms with van der Waals surface area (Å²) >= 11 is 3.34. The smallest absolute Gasteiger partial charge is 0.323 e. The van der Waals surface area contributed by atoms with Gasteiger partial charge in [0.2, 0.25) is 0 Å². The zero-order valence-electron chi connectivity index (χ0n) is 11.0. The van der Waals surface area contributed by atoms with Gasteiger partial charge in [-0.3, -0.25) is 0 Å². The Morgan fingerprint density at radius 1 is 1.05 bits per heavy atom. The van der Waals surface area contributed by atoms with E-state index in [2.05, 4.69) is 26.6 Å². The third-order valence-corrected chi connectivity index (χ3v) is 3.36. The number of hydrogen-bond acceptors (Lipinski definition) is 4. The van der Waals surface area contributed by atoms with E-state index in [-0.39, 0.29) is 5.69 Å². The second-order valence-corrected chi connectivity index (χ2v) is 5.28. The highest BCUT2D eigenvalue weighted by Gasteiger charge is 2.11. The summed E-state index contributed by atoms with van der Waals surface area (Å²) in [4.78, 5) is 11.9. The molecule has 0 aliphatic carbocycles. The Balaban J connectivity index is 2.12. The maximum Gasteiger partial charge on any atom is 0.323 e. The first-order valence-corrected chi connectivity index (χ1v) is 6.75. The third-order valence-electron chi connectivity index (χ3n) is 2.70. The van der Waals surface area contributed by atoms with Crippen molar-refractivity contribution in [3.8, 4) is 17.2 Å². The Morgan fingerprint density at radius 2 is 1.67 bits per heavy atom. The number of halogens is 1. The maximum absolute atomic E-state index is 11.9. The molecule has 0 radical (unpaired) electrons. The van der Waals surface area contributed by atoms with Gasteiger partial charge in [-0.05, 0) is 40.5 Å². The molecule has 2 rings (SSSR count). The van der Waals surface area contributed by atoms with Crippen LogP contribution >= 0.6 is 15.9 Å². The van der Waals surface area contributed by atoms with Gasteiger partial charge in [-0.15, -0.1) is 0 Å². The van der Waals surface area contributed by atoms with Crippen molar-refractivity contribution in [2.45, 2.75) is 6.92 Å². The highest BCUT2D eigenvalue weighted by Crippen LogP contribution is 2.37. The van der Waals surface area contributed by atoms with Crippen LogP contribution in [0.25, 0.3) is 0 Å². The van der Waals surface area contributed by atoms with E-state index >= 15 is 0 Å². The highest BCUT2D eigenvalue weighted by molar-refractivity contribution is 9.10. The Kier molecular flexibility index (Phi) is 4.23. The summed E-state index contributed by atoms with van der Waals surface area (Å²) in [6, 6.07) is 7.14. The molecule has 0 aromatic heterocycles. The third kappa shape index (κ3) is 3.57. The molecular formula is C14H13BrN2O4. The molecule has 0 unspecified atom stereocenters. The van der Waals surface area contributed by atoms with Crippen LogP contribution in [0.4, 0.5) is 16.2 Å². The second-order valence-electron chi connectivity index (χ2n) is 4.43. The van der Waals surface area contributed by atoms with Crippen LogP contribution in [-0.4, -0.2) is 21.4 Å². The summed E-state index contributed by atoms with van der Waals surface area (Å²) in [5, 5.41) is 33.0. The van der Waals surface area contributed by atoms with Crippen molar-refractivity contribution in [2.75, 3.05) is 10.6 Å². The Bertz CT molecular complexity index is 680. The van der Waals surface area contributed by atoms with E-state index in [1.165, 1.54) is 0 Å². The zero-order chi connectivity index (χ0) is 15.6. The molecule has 6 nitrogen and oxygen atoms in total. The first-order chi connectivity index (χ1) is 9.86. The number of benzene rings is 2. The lowest BCUT2D eigenvalue weighted by Crippen LogP contribution is -2.19. The molecule has 0 bridgehead atoms. The van der Waals surface area contributed by atoms with Gasteiger partial charge in [-0.2, -0.15) is 0 Å². The van der Waals surface area contributed by atoms with E-state index < -0.39 is 23.3 Å². The number of carbonyl (C=O) groups is 1. The van der Waals surface area contributed by atoms with Crippen LogP contribution in [0.3, 0.4) is 0 Å². The molecule has 2 aromatic carbocycles. The molecule has 0 heterocycles. The van der Waals surface area contributed by atoms with E-state index in [9.17, 15) is 20.1 Å². The molecule has 7 heteroatoms. The predicted molar refractivity (Wildman–Crippen MR) is 83.0 cm³/mol. The largest absolute Gasteiger partial charge is 0.504 e. The number of carbonyl (C=O) groups excluding carboxylic acids is 1. The van der Waals surface area contributed by atoms with Gasteiger partial charge >= 0.3 is 6.03 Å². The molecule has 5 N–H and O–H groups in total. The Labute approximate surface area is 129 Å². The SMILES string of the molecule is Cc1ccc(NC(=O)Nc2cc(O)c(O)c(O)c2)c(Br)c1. The Morgan fingerprint density at radius 3 is 2.24 bits per heavy atom. The minimum absolute atomic E-state index is 0.142. The van der Waals surface area contributed by atoms with Crippen molar-refractivity contribution in [1.82, 2.24) is 0 Å². The van der Waals surface area contributed by atoms with Crippen LogP contribution in [0.2, 0.25) is 0 Å². The van der Waals surface area contributed by atoms with Crippen LogP contribution < -0.4 is 10.6 Å². The van der Waals surface area contributed by atoms with Crippen LogP contribution in [-0.2, 0) is 0 Å². The van der Waals surface area contributed by atoms with Crippen LogP contribution in [0.15, 0.2) is 34.8 Å². The van der Waals surface area contributed by atoms with E-state index in [0.717, 1.165) is 22.2 Å². The second kappa shape index (κ2) is 5.92. The van der Waals surface area contributed by atoms with E-state index in [1.807, 2.05) is 19.1 Å². The Hall–Kier alpha value is -2.41. The molecule has 21 heavy (non-hydrogen) atoms. The van der Waals surface area contributed by atoms with Gasteiger partial charge < -0.3 is 26.0 Å². The summed E-state index contributed by atoms with van der Waals surface area (Å²) < 4.78 is 0.731. The lowest BCUT2D eigenvalue weighted by atomic mass is 10.2. The molecular weight excluding hydrogens is 340 g/mol. The van der Waals surface area contributed by atoms with Crippen molar-refractivity contribution >= 4 is 33.3 Å². The number of aryl methyl sites for hydroxylation is 1. The normalized spacial score (nSPS) is 10.2. The minimum atomic E-state index is -0.637. The number of anilines is 2. The number of aromatic hydroxyl groups is 3. The number of phenolic OH excluding ortho intramolecular Hbond substituents is 3. The lowest BCUT2D eigenvalue weighted by molar-refractivity contribution is 0.262. The van der Waals surface area contributed by atoms with Crippen molar-refractivity contribution in [3.05, 3.63) is 40.4 Å². The van der Waals surface area contributed by atoms with Crippen molar-refractivity contribution in [3.63, 3.8) is 0 Å². The zero-order valence-corrected chi connectivity index (χ0v) is 12.6. The highest BCUT2D eigenvalue weighted by atomic mass is 79.9. The molecule has 0 spiro atoms. The van der Waals surface area contributed by atoms with Gasteiger partial charge in [-0.1, -0.05) is 6.07 Å². The molecule has 0 aliphatic heterocycles. The molecule has 2 amide bonds. The fourth-order valence-corrected chi connectivity index (χ4v) is 2.27. The fraction of sp³-hybridized carbons (Fsp3) is 0.0714. The molecule has 110 valence electrons. The van der Waals surface area contributed by atoms with Gasteiger partial charge in [0.15, 0.2) is 17.2 Å². The predicted octanol–water partition coefficient (Wildman–Crippen LogP) is 3.52. The first kappa shape index (κ1) is 15.0. The standard InChI is InChI=1S/C14H13BrN2O4/c1-7-2-3-10(9(15)4-7)17-14(21)16-8-5-11(18)13(20)12(19)6-8/h2-6,18-20H,1H3,(H2,16,17,21). The van der Waals surface area contributed by atoms with Gasteiger partial charge in [0.1, 0.15) is 0 Å². The number of urea groups is 1. The van der Waals surface area contributed by atoms with Crippen molar-refractivity contribution < 1.29 is 20.1 Å². The summed E-state index contributed by atoms with van der Waals surface area (Å²) in [5.74, 6) is -1.69. The van der Waals surface area contributed by atoms with E-state index in [1.54, 1.807) is 6.07 Å². The van der Waals surface area contributed by atoms with Gasteiger partial charge in [-0.25, -0.2) is 4.79 Å². The van der Waals surface area contributed by atoms with Crippen LogP contribution in [0.5, 0.6) is 17.2 Å². The quantitative estimate of drug-likeness (QED) is 0.421. The summed E-state index contributed by atoms with van der Waals surface area (Å²) in [7, 11) is 0. The number of amides is 2. The fourth-order valence-electron chi connectivity index (χ4n) is 1.68. The summed E-state index contributed by atoms with van der Waals surface area (Å²) in [6.07, 6.45) is 0. The summed E-state index contributed by atoms with van der Waals surface area (Å²) in [6.45, 7) is 1.93. The molecule has 2 aromatic rings. The summed E-state index contributed by atoms with van der Waals surface area (Å²) in [5.41, 5.74) is 1.76. The first-order valence-electron chi connectivity index (χ1n) is 5.96. The minimum Gasteiger partial charge on any atom is -0.504 e. The molecule has 0 aliphatic rings. The van der Waals surface area contributed by atoms with Crippen molar-refractivity contribution in [2.24, 2.45) is 0 Å². The van der Waals surface area contributed by atoms with Gasteiger partial charge in [0, 0.05) is 16.6 Å². The van der Waals surface area contributed by atoms with Crippen LogP contribution in [0.1, 0.15) is 5.56 Å². The lowest BCUT2D eigenvalue weighted by Gasteiger charge is -2.11. The molecule has 0 atom stereocenters. The van der Waals surface area contributed by atoms with Gasteiger partial charge in [0.25, 0.3) is 0 Å². The molecule has 0 saturated carbocycles. The number of hydrogen-bond donors (Lipinski definition) is 5. The number of rotatable bonds is 2. The van der Waals surface area contributed by atoms with Crippen molar-refractivity contribution in [1.29, 1.82) is 0 Å². The topological polar surface area (TPSA) is 102 Å². The molecule has 0 saturated heterocycles. The number of phenols is 3. The maximum atomic E-state index is 11.9. The van der Waals surface area contributed by atoms with E-state index in [4.69, 9.17) is 0 Å².